The molecule has 1 heterocycles. The molecule has 15 heavy (non-hydrogen) atoms. The summed E-state index contributed by atoms with van der Waals surface area (Å²) in [7, 11) is 0. The van der Waals surface area contributed by atoms with Crippen molar-refractivity contribution in [1.82, 2.24) is 14.9 Å². The number of hydrogen-bond donors (Lipinski definition) is 3. The zero-order chi connectivity index (χ0) is 11.4. The Morgan fingerprint density at radius 2 is 2.40 bits per heavy atom. The van der Waals surface area contributed by atoms with E-state index in [0.29, 0.717) is 10.6 Å². The summed E-state index contributed by atoms with van der Waals surface area (Å²) < 4.78 is 3.64. The highest BCUT2D eigenvalue weighted by Gasteiger charge is 2.17. The molecule has 1 amide bonds. The summed E-state index contributed by atoms with van der Waals surface area (Å²) in [6, 6.07) is -0.538. The number of hydrogen-bond acceptors (Lipinski definition) is 6. The number of nitrogens with zero attached hydrogens (tertiary/aromatic N) is 3. The fraction of sp³-hybridized carbons (Fsp3) is 0.429. The third-order valence-electron chi connectivity index (χ3n) is 1.76. The van der Waals surface area contributed by atoms with Gasteiger partial charge in [0.1, 0.15) is 4.88 Å². The number of aromatic nitrogens is 2. The first-order valence-electron chi connectivity index (χ1n) is 4.13. The van der Waals surface area contributed by atoms with Crippen LogP contribution in [0.4, 0.5) is 0 Å². The van der Waals surface area contributed by atoms with Crippen LogP contribution in [-0.2, 0) is 0 Å². The zero-order valence-corrected chi connectivity index (χ0v) is 9.08. The average Bonchev–Trinajstić information content (AvgIpc) is 2.63. The van der Waals surface area contributed by atoms with Crippen LogP contribution in [0.15, 0.2) is 5.16 Å². The molecule has 0 spiro atoms. The van der Waals surface area contributed by atoms with E-state index in [4.69, 9.17) is 10.9 Å². The first-order valence-corrected chi connectivity index (χ1v) is 4.90. The number of amidine groups is 1. The molecule has 1 aromatic heterocycles. The minimum absolute atomic E-state index is 0.0570. The molecule has 0 aliphatic rings. The molecule has 1 unspecified atom stereocenters. The third kappa shape index (κ3) is 2.62. The van der Waals surface area contributed by atoms with E-state index in [9.17, 15) is 4.79 Å². The fourth-order valence-electron chi connectivity index (χ4n) is 0.862. The van der Waals surface area contributed by atoms with Crippen molar-refractivity contribution in [3.05, 3.63) is 10.6 Å². The molecule has 1 aromatic rings. The standard InChI is InChI=1S/C7H11N5O2S/c1-3-5(15-12-10-3)7(13)9-4(2)6(8)11-14/h4,14H,1-2H3,(H2,8,11)(H,9,13). The second-order valence-corrected chi connectivity index (χ2v) is 3.66. The summed E-state index contributed by atoms with van der Waals surface area (Å²) in [4.78, 5) is 12.0. The molecule has 1 atom stereocenters. The largest absolute Gasteiger partial charge is 0.409 e. The van der Waals surface area contributed by atoms with Crippen LogP contribution in [0.25, 0.3) is 0 Å². The number of amides is 1. The lowest BCUT2D eigenvalue weighted by atomic mass is 10.3. The Morgan fingerprint density at radius 3 is 2.87 bits per heavy atom. The van der Waals surface area contributed by atoms with Gasteiger partial charge in [0.15, 0.2) is 5.84 Å². The maximum Gasteiger partial charge on any atom is 0.265 e. The van der Waals surface area contributed by atoms with Gasteiger partial charge < -0.3 is 16.3 Å². The Balaban J connectivity index is 2.69. The van der Waals surface area contributed by atoms with Gasteiger partial charge in [-0.25, -0.2) is 0 Å². The van der Waals surface area contributed by atoms with Crippen molar-refractivity contribution in [1.29, 1.82) is 0 Å². The summed E-state index contributed by atoms with van der Waals surface area (Å²) in [5.74, 6) is -0.389. The molecule has 0 saturated carbocycles. The van der Waals surface area contributed by atoms with Gasteiger partial charge in [-0.3, -0.25) is 4.79 Å². The summed E-state index contributed by atoms with van der Waals surface area (Å²) in [5, 5.41) is 17.4. The Hall–Kier alpha value is -1.70. The van der Waals surface area contributed by atoms with Crippen LogP contribution >= 0.6 is 11.5 Å². The monoisotopic (exact) mass is 229 g/mol. The highest BCUT2D eigenvalue weighted by Crippen LogP contribution is 2.08. The molecular weight excluding hydrogens is 218 g/mol. The molecule has 82 valence electrons. The van der Waals surface area contributed by atoms with Crippen LogP contribution in [0.2, 0.25) is 0 Å². The van der Waals surface area contributed by atoms with Gasteiger partial charge in [-0.2, -0.15) is 0 Å². The van der Waals surface area contributed by atoms with Crippen molar-refractivity contribution >= 4 is 23.3 Å². The molecule has 0 aliphatic carbocycles. The Bertz CT molecular complexity index is 388. The van der Waals surface area contributed by atoms with E-state index in [-0.39, 0.29) is 11.7 Å². The molecule has 0 bridgehead atoms. The maximum atomic E-state index is 11.6. The molecule has 0 aromatic carbocycles. The van der Waals surface area contributed by atoms with Crippen molar-refractivity contribution in [2.24, 2.45) is 10.9 Å². The SMILES string of the molecule is Cc1nnsc1C(=O)NC(C)C(N)=NO. The maximum absolute atomic E-state index is 11.6. The van der Waals surface area contributed by atoms with Crippen molar-refractivity contribution < 1.29 is 10.0 Å². The molecule has 1 rings (SSSR count). The molecule has 7 nitrogen and oxygen atoms in total. The second-order valence-electron chi connectivity index (χ2n) is 2.91. The quantitative estimate of drug-likeness (QED) is 0.285. The molecule has 0 radical (unpaired) electrons. The molecule has 8 heteroatoms. The van der Waals surface area contributed by atoms with E-state index in [1.165, 1.54) is 0 Å². The zero-order valence-electron chi connectivity index (χ0n) is 8.26. The highest BCUT2D eigenvalue weighted by atomic mass is 32.1. The van der Waals surface area contributed by atoms with Crippen molar-refractivity contribution in [3.8, 4) is 0 Å². The lowest BCUT2D eigenvalue weighted by Crippen LogP contribution is -2.42. The minimum atomic E-state index is -0.538. The van der Waals surface area contributed by atoms with Crippen LogP contribution in [0.1, 0.15) is 22.3 Å². The normalized spacial score (nSPS) is 13.6. The van der Waals surface area contributed by atoms with E-state index in [0.717, 1.165) is 11.5 Å². The van der Waals surface area contributed by atoms with Gasteiger partial charge >= 0.3 is 0 Å². The molecular formula is C7H11N5O2S. The van der Waals surface area contributed by atoms with Crippen LogP contribution < -0.4 is 11.1 Å². The van der Waals surface area contributed by atoms with Gasteiger partial charge in [-0.15, -0.1) is 5.10 Å². The van der Waals surface area contributed by atoms with Gasteiger partial charge in [0.25, 0.3) is 5.91 Å². The van der Waals surface area contributed by atoms with Gasteiger partial charge in [-0.1, -0.05) is 9.64 Å². The summed E-state index contributed by atoms with van der Waals surface area (Å²) in [6.45, 7) is 3.29. The number of nitrogens with two attached hydrogens (primary N) is 1. The molecule has 0 aliphatic heterocycles. The topological polar surface area (TPSA) is 113 Å². The summed E-state index contributed by atoms with van der Waals surface area (Å²) in [5.41, 5.74) is 5.87. The molecule has 0 saturated heterocycles. The predicted molar refractivity (Wildman–Crippen MR) is 55.0 cm³/mol. The van der Waals surface area contributed by atoms with Crippen LogP contribution in [0.5, 0.6) is 0 Å². The molecule has 4 N–H and O–H groups in total. The van der Waals surface area contributed by atoms with Crippen molar-refractivity contribution in [2.75, 3.05) is 0 Å². The fourth-order valence-corrected chi connectivity index (χ4v) is 1.42. The number of rotatable bonds is 3. The number of nitrogens with one attached hydrogen (secondary N) is 1. The minimum Gasteiger partial charge on any atom is -0.409 e. The van der Waals surface area contributed by atoms with E-state index in [1.54, 1.807) is 13.8 Å². The molecule has 0 fully saturated rings. The number of carbonyl (C=O) groups is 1. The Morgan fingerprint density at radius 1 is 1.73 bits per heavy atom. The highest BCUT2D eigenvalue weighted by molar-refractivity contribution is 7.08. The van der Waals surface area contributed by atoms with E-state index in [1.807, 2.05) is 0 Å². The number of aryl methyl sites for hydroxylation is 1. The average molecular weight is 229 g/mol. The Kier molecular flexibility index (Phi) is 3.56. The van der Waals surface area contributed by atoms with Crippen LogP contribution in [0, 0.1) is 6.92 Å². The predicted octanol–water partition coefficient (Wildman–Crippen LogP) is -0.289. The van der Waals surface area contributed by atoms with Crippen molar-refractivity contribution in [2.45, 2.75) is 19.9 Å². The number of carbonyl (C=O) groups excluding carboxylic acids is 1. The van der Waals surface area contributed by atoms with E-state index in [2.05, 4.69) is 20.1 Å². The van der Waals surface area contributed by atoms with E-state index >= 15 is 0 Å². The summed E-state index contributed by atoms with van der Waals surface area (Å²) in [6.07, 6.45) is 0. The van der Waals surface area contributed by atoms with Crippen LogP contribution in [0.3, 0.4) is 0 Å². The van der Waals surface area contributed by atoms with Gasteiger partial charge in [0.2, 0.25) is 0 Å². The van der Waals surface area contributed by atoms with Crippen molar-refractivity contribution in [3.63, 3.8) is 0 Å². The lowest BCUT2D eigenvalue weighted by Gasteiger charge is -2.10. The van der Waals surface area contributed by atoms with Crippen LogP contribution in [-0.4, -0.2) is 32.6 Å². The Labute approximate surface area is 90.1 Å². The first-order chi connectivity index (χ1) is 7.06. The third-order valence-corrected chi connectivity index (χ3v) is 2.59. The second kappa shape index (κ2) is 4.69. The smallest absolute Gasteiger partial charge is 0.265 e. The lowest BCUT2D eigenvalue weighted by molar-refractivity contribution is 0.0952. The first kappa shape index (κ1) is 11.4. The van der Waals surface area contributed by atoms with Gasteiger partial charge in [0.05, 0.1) is 11.7 Å². The summed E-state index contributed by atoms with van der Waals surface area (Å²) >= 11 is 1.00. The van der Waals surface area contributed by atoms with Gasteiger partial charge in [-0.05, 0) is 25.4 Å². The number of oxime groups is 1. The van der Waals surface area contributed by atoms with Gasteiger partial charge in [0, 0.05) is 0 Å². The van der Waals surface area contributed by atoms with E-state index < -0.39 is 6.04 Å².